The lowest BCUT2D eigenvalue weighted by Crippen LogP contribution is -2.00. The van der Waals surface area contributed by atoms with Crippen LogP contribution in [0.2, 0.25) is 5.02 Å². The highest BCUT2D eigenvalue weighted by molar-refractivity contribution is 6.31. The Balaban J connectivity index is 2.65. The number of hydrogen-bond donors (Lipinski definition) is 1. The van der Waals surface area contributed by atoms with Crippen molar-refractivity contribution in [1.29, 1.82) is 0 Å². The van der Waals surface area contributed by atoms with E-state index in [0.29, 0.717) is 22.7 Å². The van der Waals surface area contributed by atoms with E-state index in [1.165, 1.54) is 0 Å². The molecule has 0 aliphatic heterocycles. The molecule has 1 rings (SSSR count). The highest BCUT2D eigenvalue weighted by atomic mass is 35.5. The van der Waals surface area contributed by atoms with Gasteiger partial charge in [0.2, 0.25) is 0 Å². The number of benzene rings is 1. The molecule has 0 aromatic heterocycles. The Morgan fingerprint density at radius 1 is 1.33 bits per heavy atom. The minimum Gasteiger partial charge on any atom is -0.399 e. The Morgan fingerprint density at radius 3 is 2.67 bits per heavy atom. The van der Waals surface area contributed by atoms with Crippen molar-refractivity contribution in [2.75, 3.05) is 5.73 Å². The van der Waals surface area contributed by atoms with Crippen LogP contribution < -0.4 is 5.73 Å². The van der Waals surface area contributed by atoms with Gasteiger partial charge in [0.25, 0.3) is 0 Å². The lowest BCUT2D eigenvalue weighted by Gasteiger charge is -2.03. The number of unbranched alkanes of at least 4 members (excludes halogenated alkanes) is 2. The van der Waals surface area contributed by atoms with E-state index in [2.05, 4.69) is 6.92 Å². The fourth-order valence-electron chi connectivity index (χ4n) is 1.45. The molecule has 0 heterocycles. The summed E-state index contributed by atoms with van der Waals surface area (Å²) in [5.41, 5.74) is 6.78. The summed E-state index contributed by atoms with van der Waals surface area (Å²) in [6.07, 6.45) is 3.71. The van der Waals surface area contributed by atoms with Crippen molar-refractivity contribution in [1.82, 2.24) is 0 Å². The Morgan fingerprint density at radius 2 is 2.07 bits per heavy atom. The summed E-state index contributed by atoms with van der Waals surface area (Å²) < 4.78 is 0. The smallest absolute Gasteiger partial charge is 0.163 e. The van der Waals surface area contributed by atoms with Gasteiger partial charge in [-0.1, -0.05) is 31.4 Å². The number of hydrogen-bond acceptors (Lipinski definition) is 2. The quantitative estimate of drug-likeness (QED) is 0.472. The highest BCUT2D eigenvalue weighted by Gasteiger charge is 2.06. The monoisotopic (exact) mass is 225 g/mol. The van der Waals surface area contributed by atoms with E-state index in [-0.39, 0.29) is 5.78 Å². The molecule has 0 unspecified atom stereocenters. The van der Waals surface area contributed by atoms with Crippen LogP contribution in [-0.2, 0) is 0 Å². The van der Waals surface area contributed by atoms with Gasteiger partial charge in [0, 0.05) is 22.7 Å². The molecule has 0 saturated carbocycles. The van der Waals surface area contributed by atoms with Gasteiger partial charge in [0.05, 0.1) is 0 Å². The number of carbonyl (C=O) groups is 1. The van der Waals surface area contributed by atoms with Gasteiger partial charge >= 0.3 is 0 Å². The van der Waals surface area contributed by atoms with E-state index in [4.69, 9.17) is 17.3 Å². The average molecular weight is 226 g/mol. The zero-order chi connectivity index (χ0) is 11.3. The van der Waals surface area contributed by atoms with Crippen molar-refractivity contribution < 1.29 is 4.79 Å². The van der Waals surface area contributed by atoms with Crippen LogP contribution in [0.1, 0.15) is 43.0 Å². The van der Waals surface area contributed by atoms with Gasteiger partial charge in [0.1, 0.15) is 0 Å². The molecule has 0 aliphatic rings. The van der Waals surface area contributed by atoms with E-state index < -0.39 is 0 Å². The lowest BCUT2D eigenvalue weighted by molar-refractivity contribution is 0.0979. The predicted octanol–water partition coefficient (Wildman–Crippen LogP) is 3.69. The number of halogens is 1. The van der Waals surface area contributed by atoms with E-state index >= 15 is 0 Å². The molecule has 0 aliphatic carbocycles. The standard InChI is InChI=1S/C12H16ClNO/c1-2-3-4-5-12(15)9-6-10(13)8-11(14)7-9/h6-8H,2-5,14H2,1H3. The van der Waals surface area contributed by atoms with Crippen molar-refractivity contribution in [3.8, 4) is 0 Å². The van der Waals surface area contributed by atoms with Crippen LogP contribution in [0.5, 0.6) is 0 Å². The summed E-state index contributed by atoms with van der Waals surface area (Å²) >= 11 is 5.82. The van der Waals surface area contributed by atoms with Gasteiger partial charge in [-0.25, -0.2) is 0 Å². The first kappa shape index (κ1) is 12.1. The second-order valence-electron chi connectivity index (χ2n) is 3.65. The van der Waals surface area contributed by atoms with Gasteiger partial charge in [-0.2, -0.15) is 0 Å². The van der Waals surface area contributed by atoms with Crippen molar-refractivity contribution >= 4 is 23.1 Å². The number of nitrogens with two attached hydrogens (primary N) is 1. The van der Waals surface area contributed by atoms with Crippen LogP contribution in [0.25, 0.3) is 0 Å². The minimum absolute atomic E-state index is 0.123. The first-order valence-corrected chi connectivity index (χ1v) is 5.60. The molecular formula is C12H16ClNO. The fraction of sp³-hybridized carbons (Fsp3) is 0.417. The van der Waals surface area contributed by atoms with Crippen molar-refractivity contribution in [2.24, 2.45) is 0 Å². The van der Waals surface area contributed by atoms with Gasteiger partial charge in [-0.05, 0) is 24.6 Å². The maximum atomic E-state index is 11.7. The van der Waals surface area contributed by atoms with Crippen LogP contribution in [-0.4, -0.2) is 5.78 Å². The average Bonchev–Trinajstić information content (AvgIpc) is 2.16. The molecule has 2 nitrogen and oxygen atoms in total. The minimum atomic E-state index is 0.123. The molecular weight excluding hydrogens is 210 g/mol. The Kier molecular flexibility index (Phi) is 4.63. The van der Waals surface area contributed by atoms with Crippen LogP contribution in [0, 0.1) is 0 Å². The van der Waals surface area contributed by atoms with E-state index in [1.807, 2.05) is 0 Å². The normalized spacial score (nSPS) is 10.3. The molecule has 0 fully saturated rings. The number of ketones is 1. The molecule has 0 amide bonds. The molecule has 15 heavy (non-hydrogen) atoms. The summed E-state index contributed by atoms with van der Waals surface area (Å²) in [6.45, 7) is 2.11. The lowest BCUT2D eigenvalue weighted by atomic mass is 10.0. The summed E-state index contributed by atoms with van der Waals surface area (Å²) in [5.74, 6) is 0.123. The third-order valence-electron chi connectivity index (χ3n) is 2.25. The molecule has 82 valence electrons. The predicted molar refractivity (Wildman–Crippen MR) is 64.3 cm³/mol. The molecule has 0 bridgehead atoms. The largest absolute Gasteiger partial charge is 0.399 e. The first-order chi connectivity index (χ1) is 7.13. The highest BCUT2D eigenvalue weighted by Crippen LogP contribution is 2.18. The van der Waals surface area contributed by atoms with Crippen molar-refractivity contribution in [3.05, 3.63) is 28.8 Å². The number of nitrogen functional groups attached to an aromatic ring is 1. The fourth-order valence-corrected chi connectivity index (χ4v) is 1.70. The number of carbonyl (C=O) groups excluding carboxylic acids is 1. The Hall–Kier alpha value is -1.02. The first-order valence-electron chi connectivity index (χ1n) is 5.22. The maximum absolute atomic E-state index is 11.7. The van der Waals surface area contributed by atoms with Crippen LogP contribution in [0.15, 0.2) is 18.2 Å². The third kappa shape index (κ3) is 3.92. The van der Waals surface area contributed by atoms with Gasteiger partial charge in [-0.15, -0.1) is 0 Å². The third-order valence-corrected chi connectivity index (χ3v) is 2.47. The van der Waals surface area contributed by atoms with Crippen molar-refractivity contribution in [2.45, 2.75) is 32.6 Å². The SMILES string of the molecule is CCCCCC(=O)c1cc(N)cc(Cl)c1. The molecule has 0 radical (unpaired) electrons. The van der Waals surface area contributed by atoms with Gasteiger partial charge < -0.3 is 5.73 Å². The second kappa shape index (κ2) is 5.76. The summed E-state index contributed by atoms with van der Waals surface area (Å²) in [4.78, 5) is 11.7. The molecule has 3 heteroatoms. The second-order valence-corrected chi connectivity index (χ2v) is 4.09. The molecule has 0 atom stereocenters. The summed E-state index contributed by atoms with van der Waals surface area (Å²) in [5, 5.41) is 0.522. The number of anilines is 1. The van der Waals surface area contributed by atoms with E-state index in [0.717, 1.165) is 19.3 Å². The number of Topliss-reactive ketones (excluding diaryl/α,β-unsaturated/α-hetero) is 1. The topological polar surface area (TPSA) is 43.1 Å². The zero-order valence-electron chi connectivity index (χ0n) is 8.92. The zero-order valence-corrected chi connectivity index (χ0v) is 9.68. The number of rotatable bonds is 5. The van der Waals surface area contributed by atoms with Crippen molar-refractivity contribution in [3.63, 3.8) is 0 Å². The molecule has 1 aromatic carbocycles. The molecule has 0 saturated heterocycles. The molecule has 1 aromatic rings. The van der Waals surface area contributed by atoms with Crippen LogP contribution in [0.3, 0.4) is 0 Å². The summed E-state index contributed by atoms with van der Waals surface area (Å²) in [7, 11) is 0. The molecule has 2 N–H and O–H groups in total. The van der Waals surface area contributed by atoms with E-state index in [9.17, 15) is 4.79 Å². The Bertz CT molecular complexity index is 329. The van der Waals surface area contributed by atoms with Crippen LogP contribution >= 0.6 is 11.6 Å². The van der Waals surface area contributed by atoms with Gasteiger partial charge in [0.15, 0.2) is 5.78 Å². The summed E-state index contributed by atoms with van der Waals surface area (Å²) in [6, 6.07) is 5.00. The van der Waals surface area contributed by atoms with Gasteiger partial charge in [-0.3, -0.25) is 4.79 Å². The maximum Gasteiger partial charge on any atom is 0.163 e. The van der Waals surface area contributed by atoms with E-state index in [1.54, 1.807) is 18.2 Å². The Labute approximate surface area is 95.4 Å². The van der Waals surface area contributed by atoms with Crippen LogP contribution in [0.4, 0.5) is 5.69 Å². The molecule has 0 spiro atoms.